The van der Waals surface area contributed by atoms with E-state index in [9.17, 15) is 5.11 Å². The van der Waals surface area contributed by atoms with Gasteiger partial charge in [0.1, 0.15) is 0 Å². The maximum Gasteiger partial charge on any atom is 0.0846 e. The molecule has 20 heavy (non-hydrogen) atoms. The molecule has 0 amide bonds. The summed E-state index contributed by atoms with van der Waals surface area (Å²) in [6, 6.07) is 17.9. The highest BCUT2D eigenvalue weighted by Gasteiger charge is 2.14. The number of aryl methyl sites for hydroxylation is 1. The summed E-state index contributed by atoms with van der Waals surface area (Å²) in [4.78, 5) is 0. The average Bonchev–Trinajstić information content (AvgIpc) is 2.86. The van der Waals surface area contributed by atoms with Gasteiger partial charge in [0.05, 0.1) is 17.3 Å². The molecule has 3 nitrogen and oxygen atoms in total. The van der Waals surface area contributed by atoms with Crippen molar-refractivity contribution in [1.29, 1.82) is 0 Å². The molecule has 1 heterocycles. The lowest BCUT2D eigenvalue weighted by Crippen LogP contribution is -2.03. The Morgan fingerprint density at radius 2 is 1.75 bits per heavy atom. The lowest BCUT2D eigenvalue weighted by atomic mass is 10.0. The maximum atomic E-state index is 10.4. The summed E-state index contributed by atoms with van der Waals surface area (Å²) in [6.45, 7) is 2.92. The minimum atomic E-state index is -0.514. The Hall–Kier alpha value is -2.13. The van der Waals surface area contributed by atoms with E-state index in [2.05, 4.69) is 24.2 Å². The number of hydrogen-bond acceptors (Lipinski definition) is 2. The number of fused-ring (bicyclic) bond motifs is 1. The molecule has 1 aromatic heterocycles. The Labute approximate surface area is 118 Å². The highest BCUT2D eigenvalue weighted by atomic mass is 16.3. The minimum Gasteiger partial charge on any atom is -0.388 e. The monoisotopic (exact) mass is 266 g/mol. The van der Waals surface area contributed by atoms with Gasteiger partial charge < -0.3 is 5.11 Å². The second-order valence-electron chi connectivity index (χ2n) is 4.91. The van der Waals surface area contributed by atoms with Crippen molar-refractivity contribution in [3.05, 3.63) is 65.9 Å². The van der Waals surface area contributed by atoms with Crippen LogP contribution in [0.5, 0.6) is 0 Å². The molecule has 0 saturated carbocycles. The van der Waals surface area contributed by atoms with Crippen molar-refractivity contribution in [3.8, 4) is 0 Å². The van der Waals surface area contributed by atoms with Crippen molar-refractivity contribution in [2.75, 3.05) is 0 Å². The Balaban J connectivity index is 1.95. The molecule has 1 unspecified atom stereocenters. The summed E-state index contributed by atoms with van der Waals surface area (Å²) in [5.41, 5.74) is 3.02. The summed E-state index contributed by atoms with van der Waals surface area (Å²) in [5.74, 6) is 0. The van der Waals surface area contributed by atoms with E-state index in [0.717, 1.165) is 28.7 Å². The fraction of sp³-hybridized carbons (Fsp3) is 0.235. The van der Waals surface area contributed by atoms with E-state index in [1.165, 1.54) is 0 Å². The minimum absolute atomic E-state index is 0.514. The zero-order valence-corrected chi connectivity index (χ0v) is 11.5. The van der Waals surface area contributed by atoms with Gasteiger partial charge in [0.25, 0.3) is 0 Å². The van der Waals surface area contributed by atoms with Gasteiger partial charge in [-0.05, 0) is 18.6 Å². The fourth-order valence-corrected chi connectivity index (χ4v) is 2.56. The van der Waals surface area contributed by atoms with Gasteiger partial charge in [-0.15, -0.1) is 0 Å². The van der Waals surface area contributed by atoms with Crippen LogP contribution in [-0.2, 0) is 13.0 Å². The molecule has 0 fully saturated rings. The number of rotatable bonds is 4. The first-order valence-corrected chi connectivity index (χ1v) is 6.97. The Bertz CT molecular complexity index is 703. The highest BCUT2D eigenvalue weighted by Crippen LogP contribution is 2.24. The SMILES string of the molecule is CCn1nc(CC(O)c2ccccc2)c2ccccc21. The molecule has 0 saturated heterocycles. The van der Waals surface area contributed by atoms with E-state index in [1.54, 1.807) is 0 Å². The van der Waals surface area contributed by atoms with Crippen molar-refractivity contribution in [1.82, 2.24) is 9.78 Å². The molecule has 1 atom stereocenters. The summed E-state index contributed by atoms with van der Waals surface area (Å²) in [6.07, 6.45) is 0.0252. The zero-order chi connectivity index (χ0) is 13.9. The molecule has 0 bridgehead atoms. The molecule has 0 radical (unpaired) electrons. The quantitative estimate of drug-likeness (QED) is 0.786. The third-order valence-corrected chi connectivity index (χ3v) is 3.61. The van der Waals surface area contributed by atoms with E-state index in [1.807, 2.05) is 47.1 Å². The number of nitrogens with zero attached hydrogens (tertiary/aromatic N) is 2. The number of hydrogen-bond donors (Lipinski definition) is 1. The van der Waals surface area contributed by atoms with Crippen LogP contribution in [0.4, 0.5) is 0 Å². The molecule has 102 valence electrons. The summed E-state index contributed by atoms with van der Waals surface area (Å²) < 4.78 is 1.99. The van der Waals surface area contributed by atoms with Crippen molar-refractivity contribution in [2.45, 2.75) is 26.0 Å². The standard InChI is InChI=1S/C17H18N2O/c1-2-19-16-11-7-6-10-14(16)15(18-19)12-17(20)13-8-4-3-5-9-13/h3-11,17,20H,2,12H2,1H3. The first-order valence-electron chi connectivity index (χ1n) is 6.97. The van der Waals surface area contributed by atoms with Gasteiger partial charge in [-0.25, -0.2) is 0 Å². The third kappa shape index (κ3) is 2.32. The average molecular weight is 266 g/mol. The van der Waals surface area contributed by atoms with Crippen LogP contribution in [0.2, 0.25) is 0 Å². The Morgan fingerprint density at radius 1 is 1.05 bits per heavy atom. The molecular weight excluding hydrogens is 248 g/mol. The predicted molar refractivity (Wildman–Crippen MR) is 80.5 cm³/mol. The van der Waals surface area contributed by atoms with Crippen LogP contribution in [0, 0.1) is 0 Å². The summed E-state index contributed by atoms with van der Waals surface area (Å²) in [7, 11) is 0. The Kier molecular flexibility index (Phi) is 3.52. The number of para-hydroxylation sites is 1. The molecule has 3 heteroatoms. The van der Waals surface area contributed by atoms with E-state index >= 15 is 0 Å². The van der Waals surface area contributed by atoms with Crippen molar-refractivity contribution in [2.24, 2.45) is 0 Å². The zero-order valence-electron chi connectivity index (χ0n) is 11.5. The molecule has 1 N–H and O–H groups in total. The van der Waals surface area contributed by atoms with Gasteiger partial charge in [-0.1, -0.05) is 48.5 Å². The van der Waals surface area contributed by atoms with Crippen LogP contribution in [0.25, 0.3) is 10.9 Å². The van der Waals surface area contributed by atoms with Crippen LogP contribution in [-0.4, -0.2) is 14.9 Å². The molecule has 3 aromatic rings. The molecule has 0 spiro atoms. The topological polar surface area (TPSA) is 38.0 Å². The first kappa shape index (κ1) is 12.9. The maximum absolute atomic E-state index is 10.4. The fourth-order valence-electron chi connectivity index (χ4n) is 2.56. The molecule has 2 aromatic carbocycles. The number of aromatic nitrogens is 2. The molecule has 0 aliphatic rings. The second kappa shape index (κ2) is 5.47. The van der Waals surface area contributed by atoms with E-state index in [-0.39, 0.29) is 0 Å². The first-order chi connectivity index (χ1) is 9.79. The van der Waals surface area contributed by atoms with E-state index in [0.29, 0.717) is 6.42 Å². The van der Waals surface area contributed by atoms with Gasteiger partial charge in [0.2, 0.25) is 0 Å². The third-order valence-electron chi connectivity index (χ3n) is 3.61. The van der Waals surface area contributed by atoms with Gasteiger partial charge in [-0.2, -0.15) is 5.10 Å². The molecule has 0 aliphatic carbocycles. The summed E-state index contributed by atoms with van der Waals surface area (Å²) >= 11 is 0. The van der Waals surface area contributed by atoms with Crippen LogP contribution in [0.3, 0.4) is 0 Å². The van der Waals surface area contributed by atoms with Gasteiger partial charge >= 0.3 is 0 Å². The van der Waals surface area contributed by atoms with E-state index < -0.39 is 6.10 Å². The van der Waals surface area contributed by atoms with E-state index in [4.69, 9.17) is 0 Å². The Morgan fingerprint density at radius 3 is 2.50 bits per heavy atom. The van der Waals surface area contributed by atoms with Crippen LogP contribution >= 0.6 is 0 Å². The number of aliphatic hydroxyl groups excluding tert-OH is 1. The van der Waals surface area contributed by atoms with Gasteiger partial charge in [0.15, 0.2) is 0 Å². The van der Waals surface area contributed by atoms with Crippen molar-refractivity contribution >= 4 is 10.9 Å². The molecule has 0 aliphatic heterocycles. The van der Waals surface area contributed by atoms with Crippen LogP contribution in [0.1, 0.15) is 24.3 Å². The van der Waals surface area contributed by atoms with Crippen molar-refractivity contribution < 1.29 is 5.11 Å². The second-order valence-corrected chi connectivity index (χ2v) is 4.91. The largest absolute Gasteiger partial charge is 0.388 e. The van der Waals surface area contributed by atoms with Gasteiger partial charge in [0, 0.05) is 18.4 Å². The number of aliphatic hydroxyl groups is 1. The lowest BCUT2D eigenvalue weighted by molar-refractivity contribution is 0.177. The predicted octanol–water partition coefficient (Wildman–Crippen LogP) is 3.33. The number of benzene rings is 2. The van der Waals surface area contributed by atoms with Crippen molar-refractivity contribution in [3.63, 3.8) is 0 Å². The summed E-state index contributed by atoms with van der Waals surface area (Å²) in [5, 5.41) is 16.1. The van der Waals surface area contributed by atoms with Gasteiger partial charge in [-0.3, -0.25) is 4.68 Å². The highest BCUT2D eigenvalue weighted by molar-refractivity contribution is 5.82. The van der Waals surface area contributed by atoms with Crippen LogP contribution < -0.4 is 0 Å². The smallest absolute Gasteiger partial charge is 0.0846 e. The molecular formula is C17H18N2O. The normalized spacial score (nSPS) is 12.7. The lowest BCUT2D eigenvalue weighted by Gasteiger charge is -2.09. The van der Waals surface area contributed by atoms with Crippen LogP contribution in [0.15, 0.2) is 54.6 Å². The molecule has 3 rings (SSSR count).